The predicted molar refractivity (Wildman–Crippen MR) is 97.4 cm³/mol. The maximum atomic E-state index is 12.2. The number of aromatic hydroxyl groups is 1. The summed E-state index contributed by atoms with van der Waals surface area (Å²) in [6, 6.07) is 2.05. The number of benzene rings is 1. The summed E-state index contributed by atoms with van der Waals surface area (Å²) in [5, 5.41) is 31.4. The highest BCUT2D eigenvalue weighted by Crippen LogP contribution is 2.11. The number of thiol groups is 1. The van der Waals surface area contributed by atoms with E-state index in [1.165, 1.54) is 12.1 Å². The molecule has 0 aliphatic carbocycles. The van der Waals surface area contributed by atoms with Crippen molar-refractivity contribution < 1.29 is 34.5 Å². The fourth-order valence-electron chi connectivity index (χ4n) is 2.10. The number of carboxylic acids is 2. The minimum atomic E-state index is -1.50. The average molecular weight is 399 g/mol. The van der Waals surface area contributed by atoms with E-state index < -0.39 is 48.3 Å². The first-order chi connectivity index (χ1) is 12.6. The number of hydrogen-bond donors (Lipinski definition) is 7. The van der Waals surface area contributed by atoms with Crippen molar-refractivity contribution in [3.63, 3.8) is 0 Å². The summed E-state index contributed by atoms with van der Waals surface area (Å²) < 4.78 is 0. The SMILES string of the molecule is N[C@@H](Cc1ccc(O)cc1)C(=O)N[C@@H](CC(=O)O)C(=O)N[C@@H](CS)C(=O)O. The second-order valence-electron chi connectivity index (χ2n) is 5.72. The Labute approximate surface area is 160 Å². The molecule has 0 saturated heterocycles. The minimum absolute atomic E-state index is 0.0483. The largest absolute Gasteiger partial charge is 0.508 e. The van der Waals surface area contributed by atoms with E-state index in [2.05, 4.69) is 23.3 Å². The van der Waals surface area contributed by atoms with Crippen molar-refractivity contribution in [2.75, 3.05) is 5.75 Å². The molecule has 2 amide bonds. The van der Waals surface area contributed by atoms with Crippen LogP contribution in [-0.4, -0.2) is 63.0 Å². The quantitative estimate of drug-likeness (QED) is 0.238. The second-order valence-corrected chi connectivity index (χ2v) is 6.08. The lowest BCUT2D eigenvalue weighted by Gasteiger charge is -2.21. The molecule has 0 spiro atoms. The number of nitrogens with two attached hydrogens (primary N) is 1. The maximum Gasteiger partial charge on any atom is 0.327 e. The number of phenolic OH excluding ortho intramolecular Hbond substituents is 1. The summed E-state index contributed by atoms with van der Waals surface area (Å²) >= 11 is 3.80. The van der Waals surface area contributed by atoms with Crippen molar-refractivity contribution in [1.82, 2.24) is 10.6 Å². The highest BCUT2D eigenvalue weighted by molar-refractivity contribution is 7.80. The zero-order valence-corrected chi connectivity index (χ0v) is 15.1. The van der Waals surface area contributed by atoms with Crippen LogP contribution in [0.1, 0.15) is 12.0 Å². The van der Waals surface area contributed by atoms with E-state index in [9.17, 15) is 24.3 Å². The first-order valence-electron chi connectivity index (χ1n) is 7.83. The van der Waals surface area contributed by atoms with Gasteiger partial charge in [-0.05, 0) is 24.1 Å². The Bertz CT molecular complexity index is 696. The van der Waals surface area contributed by atoms with E-state index in [0.29, 0.717) is 5.56 Å². The Morgan fingerprint density at radius 3 is 2.04 bits per heavy atom. The molecule has 0 unspecified atom stereocenters. The van der Waals surface area contributed by atoms with Gasteiger partial charge in [0.1, 0.15) is 17.8 Å². The average Bonchev–Trinajstić information content (AvgIpc) is 2.59. The van der Waals surface area contributed by atoms with Gasteiger partial charge in [-0.1, -0.05) is 12.1 Å². The number of nitrogens with one attached hydrogen (secondary N) is 2. The molecule has 7 N–H and O–H groups in total. The number of amides is 2. The molecule has 0 saturated carbocycles. The number of rotatable bonds is 10. The Morgan fingerprint density at radius 1 is 1.00 bits per heavy atom. The van der Waals surface area contributed by atoms with Gasteiger partial charge in [-0.2, -0.15) is 12.6 Å². The van der Waals surface area contributed by atoms with Crippen LogP contribution in [0.15, 0.2) is 24.3 Å². The van der Waals surface area contributed by atoms with Crippen LogP contribution in [0.4, 0.5) is 0 Å². The Hall–Kier alpha value is -2.79. The third kappa shape index (κ3) is 7.54. The summed E-state index contributed by atoms with van der Waals surface area (Å²) in [6.45, 7) is 0. The Morgan fingerprint density at radius 2 is 1.56 bits per heavy atom. The van der Waals surface area contributed by atoms with Crippen LogP contribution in [0.3, 0.4) is 0 Å². The van der Waals surface area contributed by atoms with Crippen LogP contribution < -0.4 is 16.4 Å². The highest BCUT2D eigenvalue weighted by Gasteiger charge is 2.29. The molecular formula is C16H21N3O7S. The van der Waals surface area contributed by atoms with Crippen molar-refractivity contribution in [3.05, 3.63) is 29.8 Å². The number of carbonyl (C=O) groups excluding carboxylic acids is 2. The van der Waals surface area contributed by atoms with Gasteiger partial charge in [-0.15, -0.1) is 0 Å². The smallest absolute Gasteiger partial charge is 0.327 e. The first kappa shape index (κ1) is 22.3. The van der Waals surface area contributed by atoms with E-state index in [0.717, 1.165) is 0 Å². The van der Waals surface area contributed by atoms with Gasteiger partial charge in [0.15, 0.2) is 0 Å². The highest BCUT2D eigenvalue weighted by atomic mass is 32.1. The molecule has 0 heterocycles. The number of carboxylic acid groups (broad SMARTS) is 2. The van der Waals surface area contributed by atoms with Gasteiger partial charge in [0, 0.05) is 5.75 Å². The summed E-state index contributed by atoms with van der Waals surface area (Å²) in [5.74, 6) is -4.61. The standard InChI is InChI=1S/C16H21N3O7S/c17-10(5-8-1-3-9(20)4-2-8)14(23)18-11(6-13(21)22)15(24)19-12(7-27)16(25)26/h1-4,10-12,20,27H,5-7,17H2,(H,18,23)(H,19,24)(H,21,22)(H,25,26)/t10-,11-,12-/m0/s1. The molecule has 0 aliphatic heterocycles. The summed E-state index contributed by atoms with van der Waals surface area (Å²) in [7, 11) is 0. The molecule has 10 nitrogen and oxygen atoms in total. The van der Waals surface area contributed by atoms with Crippen LogP contribution in [0.5, 0.6) is 5.75 Å². The van der Waals surface area contributed by atoms with Gasteiger partial charge in [-0.3, -0.25) is 14.4 Å². The first-order valence-corrected chi connectivity index (χ1v) is 8.47. The number of hydrogen-bond acceptors (Lipinski definition) is 7. The maximum absolute atomic E-state index is 12.2. The van der Waals surface area contributed by atoms with Gasteiger partial charge in [0.2, 0.25) is 11.8 Å². The van der Waals surface area contributed by atoms with E-state index in [1.807, 2.05) is 0 Å². The van der Waals surface area contributed by atoms with Gasteiger partial charge in [-0.25, -0.2) is 4.79 Å². The lowest BCUT2D eigenvalue weighted by atomic mass is 10.0. The van der Waals surface area contributed by atoms with E-state index in [4.69, 9.17) is 15.9 Å². The predicted octanol–water partition coefficient (Wildman–Crippen LogP) is -1.28. The fourth-order valence-corrected chi connectivity index (χ4v) is 2.35. The summed E-state index contributed by atoms with van der Waals surface area (Å²) in [5.41, 5.74) is 6.43. The zero-order chi connectivity index (χ0) is 20.6. The van der Waals surface area contributed by atoms with Crippen molar-refractivity contribution in [1.29, 1.82) is 0 Å². The molecule has 148 valence electrons. The van der Waals surface area contributed by atoms with E-state index >= 15 is 0 Å². The lowest BCUT2D eigenvalue weighted by Crippen LogP contribution is -2.55. The third-order valence-electron chi connectivity index (χ3n) is 3.54. The molecule has 11 heteroatoms. The van der Waals surface area contributed by atoms with Crippen molar-refractivity contribution >= 4 is 36.4 Å². The minimum Gasteiger partial charge on any atom is -0.508 e. The lowest BCUT2D eigenvalue weighted by molar-refractivity contribution is -0.143. The summed E-state index contributed by atoms with van der Waals surface area (Å²) in [4.78, 5) is 46.3. The number of aliphatic carboxylic acids is 2. The van der Waals surface area contributed by atoms with Crippen LogP contribution >= 0.6 is 12.6 Å². The van der Waals surface area contributed by atoms with E-state index in [1.54, 1.807) is 12.1 Å². The normalized spacial score (nSPS) is 13.9. The topological polar surface area (TPSA) is 179 Å². The molecule has 3 atom stereocenters. The van der Waals surface area contributed by atoms with Gasteiger partial charge in [0.25, 0.3) is 0 Å². The third-order valence-corrected chi connectivity index (χ3v) is 3.90. The molecule has 0 radical (unpaired) electrons. The van der Waals surface area contributed by atoms with Crippen molar-refractivity contribution in [2.24, 2.45) is 5.73 Å². The van der Waals surface area contributed by atoms with Gasteiger partial charge in [0.05, 0.1) is 12.5 Å². The number of carbonyl (C=O) groups is 4. The zero-order valence-electron chi connectivity index (χ0n) is 14.2. The molecule has 1 aromatic carbocycles. The second kappa shape index (κ2) is 10.4. The Balaban J connectivity index is 2.77. The van der Waals surface area contributed by atoms with Gasteiger partial charge >= 0.3 is 11.9 Å². The fraction of sp³-hybridized carbons (Fsp3) is 0.375. The molecule has 0 aliphatic rings. The van der Waals surface area contributed by atoms with Crippen molar-refractivity contribution in [2.45, 2.75) is 31.0 Å². The van der Waals surface area contributed by atoms with E-state index in [-0.39, 0.29) is 17.9 Å². The van der Waals surface area contributed by atoms with Crippen LogP contribution in [-0.2, 0) is 25.6 Å². The molecule has 0 aromatic heterocycles. The molecule has 0 fully saturated rings. The molecule has 27 heavy (non-hydrogen) atoms. The summed E-state index contributed by atoms with van der Waals surface area (Å²) in [6.07, 6.45) is -0.662. The van der Waals surface area contributed by atoms with Gasteiger partial charge < -0.3 is 31.7 Å². The molecule has 0 bridgehead atoms. The molecule has 1 rings (SSSR count). The van der Waals surface area contributed by atoms with Crippen LogP contribution in [0.25, 0.3) is 0 Å². The Kier molecular flexibility index (Phi) is 8.56. The van der Waals surface area contributed by atoms with Crippen LogP contribution in [0, 0.1) is 0 Å². The molecular weight excluding hydrogens is 378 g/mol. The molecule has 1 aromatic rings. The number of phenols is 1. The monoisotopic (exact) mass is 399 g/mol. The van der Waals surface area contributed by atoms with Crippen molar-refractivity contribution in [3.8, 4) is 5.75 Å². The van der Waals surface area contributed by atoms with Crippen LogP contribution in [0.2, 0.25) is 0 Å².